The molecule has 52 valence electrons. The van der Waals surface area contributed by atoms with Crippen LogP contribution in [0.25, 0.3) is 0 Å². The molecule has 0 saturated heterocycles. The molecule has 0 aromatic carbocycles. The van der Waals surface area contributed by atoms with Gasteiger partial charge in [0.15, 0.2) is 0 Å². The van der Waals surface area contributed by atoms with Crippen molar-refractivity contribution in [3.63, 3.8) is 0 Å². The van der Waals surface area contributed by atoms with Crippen LogP contribution in [0.15, 0.2) is 12.7 Å². The van der Waals surface area contributed by atoms with E-state index in [9.17, 15) is 0 Å². The van der Waals surface area contributed by atoms with Crippen LogP contribution in [0.3, 0.4) is 0 Å². The SMILES string of the molecule is C=CC[O][Al]([O]C)[O]C. The Morgan fingerprint density at radius 2 is 2.00 bits per heavy atom. The van der Waals surface area contributed by atoms with Gasteiger partial charge < -0.3 is 11.4 Å². The Kier molecular flexibility index (Phi) is 6.38. The molecule has 0 aromatic rings. The Morgan fingerprint density at radius 1 is 1.44 bits per heavy atom. The highest BCUT2D eigenvalue weighted by Crippen LogP contribution is 1.86. The first-order valence-corrected chi connectivity index (χ1v) is 4.04. The van der Waals surface area contributed by atoms with Crippen molar-refractivity contribution in [3.8, 4) is 0 Å². The van der Waals surface area contributed by atoms with Gasteiger partial charge in [-0.25, -0.2) is 0 Å². The molecular formula is C5H11AlO3. The minimum atomic E-state index is -1.78. The summed E-state index contributed by atoms with van der Waals surface area (Å²) in [4.78, 5) is 0. The molecule has 0 aliphatic heterocycles. The third-order valence-electron chi connectivity index (χ3n) is 0.735. The molecule has 0 heterocycles. The van der Waals surface area contributed by atoms with E-state index in [1.165, 1.54) is 0 Å². The van der Waals surface area contributed by atoms with Crippen molar-refractivity contribution < 1.29 is 11.4 Å². The van der Waals surface area contributed by atoms with E-state index in [1.807, 2.05) is 0 Å². The molecule has 0 bridgehead atoms. The lowest BCUT2D eigenvalue weighted by molar-refractivity contribution is 0.149. The lowest BCUT2D eigenvalue weighted by Crippen LogP contribution is -2.23. The summed E-state index contributed by atoms with van der Waals surface area (Å²) in [5.74, 6) is 0. The minimum absolute atomic E-state index is 0.499. The van der Waals surface area contributed by atoms with Crippen LogP contribution in [0.2, 0.25) is 0 Å². The molecule has 0 fully saturated rings. The monoisotopic (exact) mass is 146 g/mol. The molecule has 4 heteroatoms. The number of rotatable bonds is 5. The van der Waals surface area contributed by atoms with E-state index in [2.05, 4.69) is 6.58 Å². The molecule has 0 saturated carbocycles. The largest absolute Gasteiger partial charge is 0.905 e. The Morgan fingerprint density at radius 3 is 2.33 bits per heavy atom. The lowest BCUT2D eigenvalue weighted by Gasteiger charge is -2.03. The van der Waals surface area contributed by atoms with Crippen LogP contribution in [0, 0.1) is 0 Å². The second kappa shape index (κ2) is 6.28. The van der Waals surface area contributed by atoms with E-state index < -0.39 is 15.1 Å². The molecule has 0 aromatic heterocycles. The highest BCUT2D eigenvalue weighted by atomic mass is 27.3. The van der Waals surface area contributed by atoms with Crippen LogP contribution >= 0.6 is 0 Å². The van der Waals surface area contributed by atoms with Crippen LogP contribution in [-0.4, -0.2) is 36.0 Å². The summed E-state index contributed by atoms with van der Waals surface area (Å²) < 4.78 is 14.8. The molecule has 0 N–H and O–H groups in total. The molecule has 0 atom stereocenters. The van der Waals surface area contributed by atoms with Crippen molar-refractivity contribution >= 4 is 15.1 Å². The van der Waals surface area contributed by atoms with E-state index in [0.717, 1.165) is 0 Å². The fraction of sp³-hybridized carbons (Fsp3) is 0.600. The van der Waals surface area contributed by atoms with Crippen LogP contribution in [0.1, 0.15) is 0 Å². The molecule has 0 rings (SSSR count). The van der Waals surface area contributed by atoms with Crippen molar-refractivity contribution in [1.82, 2.24) is 0 Å². The predicted octanol–water partition coefficient (Wildman–Crippen LogP) is 0.467. The maximum Gasteiger partial charge on any atom is 0.905 e. The second-order valence-electron chi connectivity index (χ2n) is 1.38. The van der Waals surface area contributed by atoms with Gasteiger partial charge in [-0.2, -0.15) is 0 Å². The Balaban J connectivity index is 3.19. The third-order valence-corrected chi connectivity index (χ3v) is 1.97. The van der Waals surface area contributed by atoms with Crippen molar-refractivity contribution in [2.24, 2.45) is 0 Å². The fourth-order valence-electron chi connectivity index (χ4n) is 0.379. The van der Waals surface area contributed by atoms with Crippen molar-refractivity contribution in [2.75, 3.05) is 20.8 Å². The summed E-state index contributed by atoms with van der Waals surface area (Å²) in [5, 5.41) is 0. The molecule has 0 aliphatic rings. The van der Waals surface area contributed by atoms with Gasteiger partial charge in [0.1, 0.15) is 0 Å². The smallest absolute Gasteiger partial charge is 0.457 e. The van der Waals surface area contributed by atoms with E-state index in [0.29, 0.717) is 6.61 Å². The molecule has 0 spiro atoms. The van der Waals surface area contributed by atoms with E-state index in [4.69, 9.17) is 11.4 Å². The lowest BCUT2D eigenvalue weighted by atomic mass is 10.7. The summed E-state index contributed by atoms with van der Waals surface area (Å²) in [6, 6.07) is 0. The zero-order valence-electron chi connectivity index (χ0n) is 5.79. The summed E-state index contributed by atoms with van der Waals surface area (Å²) in [6.07, 6.45) is 1.66. The molecular weight excluding hydrogens is 135 g/mol. The summed E-state index contributed by atoms with van der Waals surface area (Å²) in [6.45, 7) is 3.99. The highest BCUT2D eigenvalue weighted by molar-refractivity contribution is 6.36. The standard InChI is InChI=1S/C3H5O.2CH3O.Al/c1-2-3-4;2*1-2;/h2H,1,3H2;2*1H3;/q3*-1;+3. The topological polar surface area (TPSA) is 27.7 Å². The summed E-state index contributed by atoms with van der Waals surface area (Å²) >= 11 is -1.78. The normalized spacial score (nSPS) is 9.11. The maximum atomic E-state index is 5.07. The van der Waals surface area contributed by atoms with Gasteiger partial charge >= 0.3 is 15.1 Å². The summed E-state index contributed by atoms with van der Waals surface area (Å²) in [5.41, 5.74) is 0. The minimum Gasteiger partial charge on any atom is -0.457 e. The first-order chi connectivity index (χ1) is 4.35. The highest BCUT2D eigenvalue weighted by Gasteiger charge is 2.26. The zero-order valence-corrected chi connectivity index (χ0v) is 6.95. The average Bonchev–Trinajstić information content (AvgIpc) is 1.91. The molecule has 0 unspecified atom stereocenters. The fourth-order valence-corrected chi connectivity index (χ4v) is 1.14. The van der Waals surface area contributed by atoms with Gasteiger partial charge in [-0.05, 0) is 0 Å². The van der Waals surface area contributed by atoms with E-state index in [-0.39, 0.29) is 0 Å². The van der Waals surface area contributed by atoms with Crippen molar-refractivity contribution in [1.29, 1.82) is 0 Å². The second-order valence-corrected chi connectivity index (χ2v) is 3.24. The van der Waals surface area contributed by atoms with Gasteiger partial charge in [-0.15, -0.1) is 6.58 Å². The first-order valence-electron chi connectivity index (χ1n) is 2.63. The van der Waals surface area contributed by atoms with Gasteiger partial charge in [-0.3, -0.25) is 0 Å². The quantitative estimate of drug-likeness (QED) is 0.416. The van der Waals surface area contributed by atoms with Crippen molar-refractivity contribution in [3.05, 3.63) is 12.7 Å². The first kappa shape index (κ1) is 9.15. The summed E-state index contributed by atoms with van der Waals surface area (Å²) in [7, 11) is 3.15. The van der Waals surface area contributed by atoms with Gasteiger partial charge in [0.2, 0.25) is 0 Å². The number of hydrogen-bond acceptors (Lipinski definition) is 3. The maximum absolute atomic E-state index is 5.07. The predicted molar refractivity (Wildman–Crippen MR) is 35.9 cm³/mol. The molecule has 3 nitrogen and oxygen atoms in total. The van der Waals surface area contributed by atoms with Gasteiger partial charge in [0.05, 0.1) is 0 Å². The molecule has 0 amide bonds. The number of hydrogen-bond donors (Lipinski definition) is 0. The zero-order chi connectivity index (χ0) is 7.11. The average molecular weight is 146 g/mol. The van der Waals surface area contributed by atoms with Crippen LogP contribution in [-0.2, 0) is 11.4 Å². The molecule has 9 heavy (non-hydrogen) atoms. The van der Waals surface area contributed by atoms with Gasteiger partial charge in [0.25, 0.3) is 0 Å². The van der Waals surface area contributed by atoms with E-state index >= 15 is 0 Å². The van der Waals surface area contributed by atoms with Crippen LogP contribution < -0.4 is 0 Å². The Labute approximate surface area is 60.6 Å². The molecule has 0 aliphatic carbocycles. The Bertz CT molecular complexity index is 72.6. The molecule has 0 radical (unpaired) electrons. The van der Waals surface area contributed by atoms with Crippen molar-refractivity contribution in [2.45, 2.75) is 0 Å². The van der Waals surface area contributed by atoms with Gasteiger partial charge in [-0.1, -0.05) is 6.08 Å². The van der Waals surface area contributed by atoms with Crippen LogP contribution in [0.5, 0.6) is 0 Å². The Hall–Kier alpha value is 0.152. The van der Waals surface area contributed by atoms with E-state index in [1.54, 1.807) is 20.3 Å². The van der Waals surface area contributed by atoms with Crippen LogP contribution in [0.4, 0.5) is 0 Å². The van der Waals surface area contributed by atoms with Gasteiger partial charge in [0, 0.05) is 20.8 Å². The third kappa shape index (κ3) is 4.64.